The average molecular weight is 218 g/mol. The lowest BCUT2D eigenvalue weighted by Crippen LogP contribution is -2.05. The molecule has 3 heteroatoms. The Morgan fingerprint density at radius 2 is 1.81 bits per heavy atom. The summed E-state index contributed by atoms with van der Waals surface area (Å²) in [7, 11) is -1.37. The molecule has 2 N–H and O–H groups in total. The molecule has 0 saturated heterocycles. The number of unbranched alkanes of at least 4 members (excludes halogenated alkanes) is 2. The Balaban J connectivity index is 2.47. The normalized spacial score (nSPS) is 10.9. The monoisotopic (exact) mass is 218 g/mol. The Kier molecular flexibility index (Phi) is 5.90. The molecule has 0 spiro atoms. The molecule has 0 saturated carbocycles. The van der Waals surface area contributed by atoms with Crippen LogP contribution in [0.2, 0.25) is 0 Å². The Labute approximate surface area is 97.8 Å². The Hall–Kier alpha value is -1.06. The van der Waals surface area contributed by atoms with Gasteiger partial charge in [-0.2, -0.15) is 0 Å². The van der Waals surface area contributed by atoms with Gasteiger partial charge in [0.1, 0.15) is 0 Å². The Morgan fingerprint density at radius 1 is 1.12 bits per heavy atom. The highest BCUT2D eigenvalue weighted by Crippen LogP contribution is 2.09. The molecule has 0 aromatic heterocycles. The third-order valence-electron chi connectivity index (χ3n) is 2.51. The Morgan fingerprint density at radius 3 is 2.38 bits per heavy atom. The van der Waals surface area contributed by atoms with Crippen LogP contribution >= 0.6 is 0 Å². The summed E-state index contributed by atoms with van der Waals surface area (Å²) < 4.78 is 0. The van der Waals surface area contributed by atoms with Crippen LogP contribution in [0.3, 0.4) is 0 Å². The maximum Gasteiger partial charge on any atom is 0.480 e. The van der Waals surface area contributed by atoms with Crippen molar-refractivity contribution in [2.24, 2.45) is 0 Å². The average Bonchev–Trinajstić information content (AvgIpc) is 2.28. The van der Waals surface area contributed by atoms with Crippen LogP contribution in [0.1, 0.15) is 37.3 Å². The standard InChI is InChI=1S/C13H19BO2/c1-2-3-4-5-12-6-8-13(9-7-12)10-11-14(15)16/h6-11,15-16H,2-5H2,1H3/b11-10+. The van der Waals surface area contributed by atoms with Crippen LogP contribution in [0.15, 0.2) is 30.2 Å². The smallest absolute Gasteiger partial charge is 0.424 e. The van der Waals surface area contributed by atoms with Gasteiger partial charge in [-0.3, -0.25) is 0 Å². The molecule has 0 aliphatic rings. The van der Waals surface area contributed by atoms with Gasteiger partial charge in [-0.25, -0.2) is 0 Å². The molecule has 0 atom stereocenters. The molecule has 0 unspecified atom stereocenters. The topological polar surface area (TPSA) is 40.5 Å². The van der Waals surface area contributed by atoms with E-state index in [1.54, 1.807) is 6.08 Å². The summed E-state index contributed by atoms with van der Waals surface area (Å²) in [4.78, 5) is 0. The molecule has 0 radical (unpaired) electrons. The highest BCUT2D eigenvalue weighted by molar-refractivity contribution is 6.48. The van der Waals surface area contributed by atoms with Crippen molar-refractivity contribution >= 4 is 13.2 Å². The third-order valence-corrected chi connectivity index (χ3v) is 2.51. The van der Waals surface area contributed by atoms with Gasteiger partial charge in [-0.05, 0) is 24.0 Å². The molecule has 1 aromatic rings. The molecular formula is C13H19BO2. The number of aryl methyl sites for hydroxylation is 1. The molecule has 0 heterocycles. The molecule has 1 aromatic carbocycles. The molecular weight excluding hydrogens is 199 g/mol. The van der Waals surface area contributed by atoms with Gasteiger partial charge in [-0.15, -0.1) is 0 Å². The van der Waals surface area contributed by atoms with Crippen molar-refractivity contribution in [3.8, 4) is 0 Å². The van der Waals surface area contributed by atoms with E-state index < -0.39 is 7.12 Å². The predicted octanol–water partition coefficient (Wildman–Crippen LogP) is 2.44. The lowest BCUT2D eigenvalue weighted by atomic mass is 9.90. The summed E-state index contributed by atoms with van der Waals surface area (Å²) in [6.07, 6.45) is 6.59. The van der Waals surface area contributed by atoms with Crippen molar-refractivity contribution < 1.29 is 10.0 Å². The SMILES string of the molecule is CCCCCc1ccc(/C=C/B(O)O)cc1. The van der Waals surface area contributed by atoms with Crippen molar-refractivity contribution in [3.63, 3.8) is 0 Å². The van der Waals surface area contributed by atoms with Crippen LogP contribution in [0.25, 0.3) is 6.08 Å². The van der Waals surface area contributed by atoms with Gasteiger partial charge >= 0.3 is 7.12 Å². The van der Waals surface area contributed by atoms with E-state index >= 15 is 0 Å². The van der Waals surface area contributed by atoms with Gasteiger partial charge in [0.15, 0.2) is 0 Å². The maximum atomic E-state index is 8.68. The minimum absolute atomic E-state index is 0.993. The van der Waals surface area contributed by atoms with Gasteiger partial charge in [0, 0.05) is 0 Å². The fourth-order valence-electron chi connectivity index (χ4n) is 1.57. The number of hydrogen-bond donors (Lipinski definition) is 2. The van der Waals surface area contributed by atoms with Crippen molar-refractivity contribution in [1.29, 1.82) is 0 Å². The quantitative estimate of drug-likeness (QED) is 0.568. The molecule has 16 heavy (non-hydrogen) atoms. The summed E-state index contributed by atoms with van der Waals surface area (Å²) in [6, 6.07) is 8.19. The van der Waals surface area contributed by atoms with E-state index in [2.05, 4.69) is 19.1 Å². The first-order valence-electron chi connectivity index (χ1n) is 5.85. The lowest BCUT2D eigenvalue weighted by molar-refractivity contribution is 0.424. The first kappa shape index (κ1) is 13.0. The maximum absolute atomic E-state index is 8.68. The molecule has 0 fully saturated rings. The molecule has 0 amide bonds. The first-order chi connectivity index (χ1) is 7.72. The predicted molar refractivity (Wildman–Crippen MR) is 68.9 cm³/mol. The molecule has 0 aliphatic heterocycles. The van der Waals surface area contributed by atoms with Crippen molar-refractivity contribution in [1.82, 2.24) is 0 Å². The number of benzene rings is 1. The number of rotatable bonds is 6. The van der Waals surface area contributed by atoms with E-state index in [9.17, 15) is 0 Å². The summed E-state index contributed by atoms with van der Waals surface area (Å²) in [5.74, 6) is 1.35. The summed E-state index contributed by atoms with van der Waals surface area (Å²) in [5, 5.41) is 17.4. The van der Waals surface area contributed by atoms with E-state index in [1.165, 1.54) is 30.8 Å². The largest absolute Gasteiger partial charge is 0.480 e. The van der Waals surface area contributed by atoms with Crippen LogP contribution < -0.4 is 0 Å². The number of hydrogen-bond acceptors (Lipinski definition) is 2. The van der Waals surface area contributed by atoms with E-state index in [1.807, 2.05) is 12.1 Å². The second-order valence-corrected chi connectivity index (χ2v) is 3.97. The van der Waals surface area contributed by atoms with Crippen LogP contribution in [-0.4, -0.2) is 17.2 Å². The minimum atomic E-state index is -1.37. The molecule has 86 valence electrons. The zero-order valence-corrected chi connectivity index (χ0v) is 9.76. The third kappa shape index (κ3) is 5.15. The summed E-state index contributed by atoms with van der Waals surface area (Å²) in [5.41, 5.74) is 2.34. The van der Waals surface area contributed by atoms with E-state index in [0.717, 1.165) is 12.0 Å². The summed E-state index contributed by atoms with van der Waals surface area (Å²) in [6.45, 7) is 2.20. The van der Waals surface area contributed by atoms with Gasteiger partial charge in [0.05, 0.1) is 0 Å². The zero-order chi connectivity index (χ0) is 11.8. The molecule has 1 rings (SSSR count). The van der Waals surface area contributed by atoms with Crippen LogP contribution in [0.5, 0.6) is 0 Å². The van der Waals surface area contributed by atoms with Crippen molar-refractivity contribution in [2.45, 2.75) is 32.6 Å². The van der Waals surface area contributed by atoms with E-state index in [0.29, 0.717) is 0 Å². The first-order valence-corrected chi connectivity index (χ1v) is 5.85. The highest BCUT2D eigenvalue weighted by Gasteiger charge is 1.98. The van der Waals surface area contributed by atoms with Crippen LogP contribution in [-0.2, 0) is 6.42 Å². The second kappa shape index (κ2) is 7.26. The molecule has 0 aliphatic carbocycles. The fraction of sp³-hybridized carbons (Fsp3) is 0.385. The van der Waals surface area contributed by atoms with E-state index in [4.69, 9.17) is 10.0 Å². The minimum Gasteiger partial charge on any atom is -0.424 e. The fourth-order valence-corrected chi connectivity index (χ4v) is 1.57. The molecule has 0 bridgehead atoms. The van der Waals surface area contributed by atoms with Crippen molar-refractivity contribution in [2.75, 3.05) is 0 Å². The van der Waals surface area contributed by atoms with Gasteiger partial charge in [-0.1, -0.05) is 56.1 Å². The van der Waals surface area contributed by atoms with Gasteiger partial charge < -0.3 is 10.0 Å². The van der Waals surface area contributed by atoms with Crippen LogP contribution in [0.4, 0.5) is 0 Å². The second-order valence-electron chi connectivity index (χ2n) is 3.97. The molecule has 2 nitrogen and oxygen atoms in total. The summed E-state index contributed by atoms with van der Waals surface area (Å²) >= 11 is 0. The Bertz CT molecular complexity index is 317. The lowest BCUT2D eigenvalue weighted by Gasteiger charge is -2.01. The van der Waals surface area contributed by atoms with Gasteiger partial charge in [0.25, 0.3) is 0 Å². The zero-order valence-electron chi connectivity index (χ0n) is 9.76. The van der Waals surface area contributed by atoms with E-state index in [-0.39, 0.29) is 0 Å². The van der Waals surface area contributed by atoms with Crippen molar-refractivity contribution in [3.05, 3.63) is 41.4 Å². The highest BCUT2D eigenvalue weighted by atomic mass is 16.4. The van der Waals surface area contributed by atoms with Crippen LogP contribution in [0, 0.1) is 0 Å². The van der Waals surface area contributed by atoms with Gasteiger partial charge in [0.2, 0.25) is 0 Å².